The molecule has 1 fully saturated rings. The van der Waals surface area contributed by atoms with Crippen molar-refractivity contribution in [2.45, 2.75) is 38.2 Å². The second kappa shape index (κ2) is 3.73. The highest BCUT2D eigenvalue weighted by molar-refractivity contribution is 5.88. The zero-order chi connectivity index (χ0) is 10.0. The predicted octanol–water partition coefficient (Wildman–Crippen LogP) is 1.39. The second-order valence-corrected chi connectivity index (χ2v) is 4.28. The Balaban J connectivity index is 2.11. The van der Waals surface area contributed by atoms with E-state index >= 15 is 0 Å². The van der Waals surface area contributed by atoms with E-state index in [2.05, 4.69) is 5.32 Å². The molecule has 14 heavy (non-hydrogen) atoms. The van der Waals surface area contributed by atoms with E-state index in [0.29, 0.717) is 0 Å². The summed E-state index contributed by atoms with van der Waals surface area (Å²) >= 11 is 0. The van der Waals surface area contributed by atoms with Crippen LogP contribution in [0.5, 0.6) is 0 Å². The van der Waals surface area contributed by atoms with Crippen LogP contribution in [-0.2, 0) is 9.53 Å². The molecule has 0 aromatic carbocycles. The first-order valence-corrected chi connectivity index (χ1v) is 5.33. The third kappa shape index (κ3) is 1.82. The van der Waals surface area contributed by atoms with Gasteiger partial charge in [0.2, 0.25) is 0 Å². The van der Waals surface area contributed by atoms with Crippen molar-refractivity contribution >= 4 is 5.97 Å². The summed E-state index contributed by atoms with van der Waals surface area (Å²) in [7, 11) is 0. The van der Waals surface area contributed by atoms with Crippen molar-refractivity contribution in [2.75, 3.05) is 13.1 Å². The van der Waals surface area contributed by atoms with Crippen LogP contribution in [-0.4, -0.2) is 24.7 Å². The Morgan fingerprint density at radius 1 is 1.50 bits per heavy atom. The molecule has 1 spiro atoms. The summed E-state index contributed by atoms with van der Waals surface area (Å²) in [5.74, 6) is -0.133. The number of rotatable bonds is 0. The first-order valence-electron chi connectivity index (χ1n) is 5.33. The molecule has 2 aliphatic heterocycles. The lowest BCUT2D eigenvalue weighted by Gasteiger charge is -2.36. The molecular formula is C11H17NO2. The van der Waals surface area contributed by atoms with Gasteiger partial charge in [-0.25, -0.2) is 4.79 Å². The molecule has 1 saturated heterocycles. The molecule has 0 saturated carbocycles. The molecule has 2 heterocycles. The minimum atomic E-state index is -0.219. The van der Waals surface area contributed by atoms with E-state index in [9.17, 15) is 4.79 Å². The number of hydrogen-bond donors (Lipinski definition) is 1. The number of hydrogen-bond acceptors (Lipinski definition) is 3. The van der Waals surface area contributed by atoms with Gasteiger partial charge in [-0.3, -0.25) is 0 Å². The highest BCUT2D eigenvalue weighted by Gasteiger charge is 2.36. The van der Waals surface area contributed by atoms with Crippen LogP contribution in [0.4, 0.5) is 0 Å². The Labute approximate surface area is 84.5 Å². The standard InChI is InChI=1S/C11H17NO2/c1-9-4-2-5-11(14-10(9)13)6-3-7-12-8-11/h4,12H,2-3,5-8H2,1H3. The quantitative estimate of drug-likeness (QED) is 0.594. The molecule has 1 N–H and O–H groups in total. The van der Waals surface area contributed by atoms with Gasteiger partial charge in [0.25, 0.3) is 0 Å². The SMILES string of the molecule is CC1=CCCC2(CCCNC2)OC1=O. The Morgan fingerprint density at radius 3 is 3.07 bits per heavy atom. The number of piperidine rings is 1. The summed E-state index contributed by atoms with van der Waals surface area (Å²) in [6.45, 7) is 3.70. The molecule has 3 heteroatoms. The van der Waals surface area contributed by atoms with E-state index in [1.54, 1.807) is 0 Å². The summed E-state index contributed by atoms with van der Waals surface area (Å²) < 4.78 is 5.58. The van der Waals surface area contributed by atoms with E-state index in [-0.39, 0.29) is 11.6 Å². The maximum atomic E-state index is 11.6. The van der Waals surface area contributed by atoms with Crippen molar-refractivity contribution in [1.29, 1.82) is 0 Å². The molecule has 0 aromatic heterocycles. The molecule has 2 aliphatic rings. The van der Waals surface area contributed by atoms with Crippen LogP contribution in [0.25, 0.3) is 0 Å². The van der Waals surface area contributed by atoms with Gasteiger partial charge in [-0.05, 0) is 39.2 Å². The average molecular weight is 195 g/mol. The van der Waals surface area contributed by atoms with Crippen LogP contribution in [0.1, 0.15) is 32.6 Å². The van der Waals surface area contributed by atoms with E-state index in [1.165, 1.54) is 0 Å². The van der Waals surface area contributed by atoms with Crippen molar-refractivity contribution in [2.24, 2.45) is 0 Å². The number of allylic oxidation sites excluding steroid dienone is 1. The molecule has 0 aromatic rings. The molecule has 2 rings (SSSR count). The van der Waals surface area contributed by atoms with Crippen LogP contribution in [0.2, 0.25) is 0 Å². The second-order valence-electron chi connectivity index (χ2n) is 4.28. The number of nitrogens with one attached hydrogen (secondary N) is 1. The normalized spacial score (nSPS) is 33.5. The maximum Gasteiger partial charge on any atom is 0.333 e. The molecule has 78 valence electrons. The van der Waals surface area contributed by atoms with Gasteiger partial charge in [0.05, 0.1) is 0 Å². The van der Waals surface area contributed by atoms with E-state index in [1.807, 2.05) is 13.0 Å². The monoisotopic (exact) mass is 195 g/mol. The summed E-state index contributed by atoms with van der Waals surface area (Å²) in [6, 6.07) is 0. The Hall–Kier alpha value is -0.830. The summed E-state index contributed by atoms with van der Waals surface area (Å²) in [4.78, 5) is 11.6. The van der Waals surface area contributed by atoms with Gasteiger partial charge in [-0.15, -0.1) is 0 Å². The van der Waals surface area contributed by atoms with Crippen molar-refractivity contribution in [1.82, 2.24) is 5.32 Å². The molecule has 0 radical (unpaired) electrons. The van der Waals surface area contributed by atoms with Crippen LogP contribution in [0, 0.1) is 0 Å². The van der Waals surface area contributed by atoms with Crippen LogP contribution in [0.15, 0.2) is 11.6 Å². The van der Waals surface area contributed by atoms with Gasteiger partial charge >= 0.3 is 5.97 Å². The lowest BCUT2D eigenvalue weighted by molar-refractivity contribution is -0.156. The molecule has 0 amide bonds. The summed E-state index contributed by atoms with van der Waals surface area (Å²) in [6.07, 6.45) is 6.02. The summed E-state index contributed by atoms with van der Waals surface area (Å²) in [5.41, 5.74) is 0.538. The van der Waals surface area contributed by atoms with Gasteiger partial charge in [-0.1, -0.05) is 6.08 Å². The van der Waals surface area contributed by atoms with Crippen LogP contribution < -0.4 is 5.32 Å². The van der Waals surface area contributed by atoms with Crippen LogP contribution >= 0.6 is 0 Å². The molecule has 1 atom stereocenters. The number of carbonyl (C=O) groups excluding carboxylic acids is 1. The number of esters is 1. The fourth-order valence-corrected chi connectivity index (χ4v) is 2.20. The first-order chi connectivity index (χ1) is 6.72. The van der Waals surface area contributed by atoms with Gasteiger partial charge in [0, 0.05) is 12.1 Å². The van der Waals surface area contributed by atoms with E-state index in [4.69, 9.17) is 4.74 Å². The zero-order valence-electron chi connectivity index (χ0n) is 8.64. The average Bonchev–Trinajstić information content (AvgIpc) is 2.30. The predicted molar refractivity (Wildman–Crippen MR) is 53.9 cm³/mol. The third-order valence-electron chi connectivity index (χ3n) is 3.11. The fraction of sp³-hybridized carbons (Fsp3) is 0.727. The van der Waals surface area contributed by atoms with Crippen molar-refractivity contribution in [3.8, 4) is 0 Å². The highest BCUT2D eigenvalue weighted by atomic mass is 16.6. The molecule has 0 aliphatic carbocycles. The maximum absolute atomic E-state index is 11.6. The molecular weight excluding hydrogens is 178 g/mol. The minimum absolute atomic E-state index is 0.133. The van der Waals surface area contributed by atoms with E-state index < -0.39 is 0 Å². The number of carbonyl (C=O) groups is 1. The Kier molecular flexibility index (Phi) is 2.59. The Morgan fingerprint density at radius 2 is 2.36 bits per heavy atom. The van der Waals surface area contributed by atoms with Crippen LogP contribution in [0.3, 0.4) is 0 Å². The molecule has 0 bridgehead atoms. The van der Waals surface area contributed by atoms with Gasteiger partial charge in [-0.2, -0.15) is 0 Å². The molecule has 1 unspecified atom stereocenters. The smallest absolute Gasteiger partial charge is 0.333 e. The first kappa shape index (κ1) is 9.71. The van der Waals surface area contributed by atoms with E-state index in [0.717, 1.165) is 44.3 Å². The zero-order valence-corrected chi connectivity index (χ0v) is 8.64. The number of ether oxygens (including phenoxy) is 1. The van der Waals surface area contributed by atoms with Gasteiger partial charge in [0.1, 0.15) is 5.60 Å². The lowest BCUT2D eigenvalue weighted by atomic mass is 9.89. The van der Waals surface area contributed by atoms with Crippen molar-refractivity contribution < 1.29 is 9.53 Å². The summed E-state index contributed by atoms with van der Waals surface area (Å²) in [5, 5.41) is 3.31. The highest BCUT2D eigenvalue weighted by Crippen LogP contribution is 2.30. The Bertz CT molecular complexity index is 264. The van der Waals surface area contributed by atoms with Crippen molar-refractivity contribution in [3.05, 3.63) is 11.6 Å². The van der Waals surface area contributed by atoms with Crippen molar-refractivity contribution in [3.63, 3.8) is 0 Å². The minimum Gasteiger partial charge on any atom is -0.454 e. The topological polar surface area (TPSA) is 38.3 Å². The fourth-order valence-electron chi connectivity index (χ4n) is 2.20. The third-order valence-corrected chi connectivity index (χ3v) is 3.11. The largest absolute Gasteiger partial charge is 0.454 e. The van der Waals surface area contributed by atoms with Gasteiger partial charge < -0.3 is 10.1 Å². The molecule has 3 nitrogen and oxygen atoms in total. The van der Waals surface area contributed by atoms with Gasteiger partial charge in [0.15, 0.2) is 0 Å². The lowest BCUT2D eigenvalue weighted by Crippen LogP contribution is -2.48.